The Morgan fingerprint density at radius 1 is 0.980 bits per heavy atom. The van der Waals surface area contributed by atoms with Crippen molar-refractivity contribution in [2.75, 3.05) is 37.9 Å². The van der Waals surface area contributed by atoms with Crippen molar-refractivity contribution < 1.29 is 46.6 Å². The van der Waals surface area contributed by atoms with Crippen molar-refractivity contribution in [1.29, 1.82) is 0 Å². The van der Waals surface area contributed by atoms with E-state index in [4.69, 9.17) is 23.8 Å². The van der Waals surface area contributed by atoms with Crippen LogP contribution in [0.5, 0.6) is 5.75 Å². The summed E-state index contributed by atoms with van der Waals surface area (Å²) in [6, 6.07) is 21.8. The Morgan fingerprint density at radius 2 is 1.66 bits per heavy atom. The molecule has 50 heavy (non-hydrogen) atoms. The number of alkyl carbamates (subject to hydrolysis) is 1. The Morgan fingerprint density at radius 3 is 2.26 bits per heavy atom. The van der Waals surface area contributed by atoms with Crippen LogP contribution in [0, 0.1) is 5.92 Å². The number of halogens is 3. The molecule has 3 aromatic carbocycles. The Labute approximate surface area is 287 Å². The Bertz CT molecular complexity index is 1670. The fraction of sp³-hybridized carbons (Fsp3) is 0.314. The molecule has 4 aromatic rings. The van der Waals surface area contributed by atoms with Gasteiger partial charge in [0.25, 0.3) is 0 Å². The molecule has 1 atom stereocenters. The van der Waals surface area contributed by atoms with Gasteiger partial charge in [-0.2, -0.15) is 13.2 Å². The zero-order chi connectivity index (χ0) is 36.7. The van der Waals surface area contributed by atoms with Crippen molar-refractivity contribution in [3.05, 3.63) is 96.5 Å². The van der Waals surface area contributed by atoms with Gasteiger partial charge in [0.1, 0.15) is 11.9 Å². The van der Waals surface area contributed by atoms with Crippen LogP contribution in [0.3, 0.4) is 0 Å². The monoisotopic (exact) mass is 699 g/mol. The number of ether oxygens (including phenoxy) is 2. The third kappa shape index (κ3) is 13.1. The van der Waals surface area contributed by atoms with Crippen LogP contribution in [0.15, 0.2) is 89.8 Å². The Kier molecular flexibility index (Phi) is 14.6. The number of nitrogens with zero attached hydrogens (tertiary/aromatic N) is 2. The van der Waals surface area contributed by atoms with Crippen molar-refractivity contribution in [3.8, 4) is 17.1 Å². The molecule has 0 aliphatic heterocycles. The summed E-state index contributed by atoms with van der Waals surface area (Å²) < 4.78 is 48.4. The largest absolute Gasteiger partial charge is 0.496 e. The molecule has 1 unspecified atom stereocenters. The first-order valence-corrected chi connectivity index (χ1v) is 15.5. The minimum atomic E-state index is -5.08. The van der Waals surface area contributed by atoms with E-state index in [0.717, 1.165) is 29.8 Å². The van der Waals surface area contributed by atoms with E-state index < -0.39 is 24.3 Å². The minimum Gasteiger partial charge on any atom is -0.496 e. The van der Waals surface area contributed by atoms with Gasteiger partial charge < -0.3 is 39.8 Å². The number of nitrogens with one attached hydrogen (secondary N) is 3. The normalized spacial score (nSPS) is 11.6. The molecule has 3 amide bonds. The number of anilines is 2. The number of methoxy groups -OCH3 is 1. The van der Waals surface area contributed by atoms with E-state index in [1.54, 1.807) is 43.6 Å². The van der Waals surface area contributed by atoms with E-state index in [1.807, 2.05) is 42.5 Å². The highest BCUT2D eigenvalue weighted by Crippen LogP contribution is 2.32. The third-order valence-corrected chi connectivity index (χ3v) is 6.89. The first kappa shape index (κ1) is 38.9. The molecule has 15 heteroatoms. The van der Waals surface area contributed by atoms with E-state index in [9.17, 15) is 22.8 Å². The molecular weight excluding hydrogens is 659 g/mol. The average Bonchev–Trinajstić information content (AvgIpc) is 3.61. The number of carbonyl (C=O) groups is 3. The van der Waals surface area contributed by atoms with E-state index in [-0.39, 0.29) is 12.6 Å². The van der Waals surface area contributed by atoms with Crippen LogP contribution in [0.2, 0.25) is 0 Å². The average molecular weight is 700 g/mol. The number of hydrogen-bond acceptors (Lipinski definition) is 8. The van der Waals surface area contributed by atoms with E-state index in [1.165, 1.54) is 6.39 Å². The lowest BCUT2D eigenvalue weighted by atomic mass is 10.1. The van der Waals surface area contributed by atoms with E-state index in [0.29, 0.717) is 35.2 Å². The standard InChI is InChI=1S/C33H39N5O5.C2HF3O2/c1-23(2)21-38(3)16-15-29(25-10-6-5-7-11-25)43-33(40)35-19-24-9-8-12-26(17-24)36-32(39)37-27-13-14-28(30(18-27)41-4)31-20-34-22-42-31;3-2(4,5)1(6)7/h5-14,17-18,20,22-23,29H,15-16,19,21H2,1-4H3,(H,35,40)(H2,36,37,39);(H,6,7). The number of carboxylic acids is 1. The van der Waals surface area contributed by atoms with Crippen LogP contribution in [0.1, 0.15) is 37.5 Å². The van der Waals surface area contributed by atoms with Gasteiger partial charge in [0.05, 0.1) is 18.9 Å². The second-order valence-electron chi connectivity index (χ2n) is 11.5. The quantitative estimate of drug-likeness (QED) is 0.111. The summed E-state index contributed by atoms with van der Waals surface area (Å²) in [4.78, 5) is 40.6. The maximum absolute atomic E-state index is 12.8. The fourth-order valence-electron chi connectivity index (χ4n) is 4.73. The van der Waals surface area contributed by atoms with Crippen molar-refractivity contribution in [2.24, 2.45) is 5.92 Å². The highest BCUT2D eigenvalue weighted by atomic mass is 19.4. The summed E-state index contributed by atoms with van der Waals surface area (Å²) in [5, 5.41) is 15.6. The van der Waals surface area contributed by atoms with Crippen LogP contribution < -0.4 is 20.7 Å². The number of rotatable bonds is 13. The lowest BCUT2D eigenvalue weighted by Gasteiger charge is -2.23. The lowest BCUT2D eigenvalue weighted by molar-refractivity contribution is -0.192. The molecule has 0 radical (unpaired) electrons. The van der Waals surface area contributed by atoms with Gasteiger partial charge >= 0.3 is 24.3 Å². The summed E-state index contributed by atoms with van der Waals surface area (Å²) >= 11 is 0. The topological polar surface area (TPSA) is 155 Å². The number of hydrogen-bond donors (Lipinski definition) is 4. The molecule has 0 bridgehead atoms. The summed E-state index contributed by atoms with van der Waals surface area (Å²) in [5.74, 6) is -1.10. The Hall–Kier alpha value is -5.57. The summed E-state index contributed by atoms with van der Waals surface area (Å²) in [6.45, 7) is 6.39. The number of benzene rings is 3. The van der Waals surface area contributed by atoms with Gasteiger partial charge in [-0.25, -0.2) is 19.4 Å². The highest BCUT2D eigenvalue weighted by molar-refractivity contribution is 6.00. The molecule has 0 aliphatic carbocycles. The van der Waals surface area contributed by atoms with Gasteiger partial charge in [-0.05, 0) is 48.4 Å². The van der Waals surface area contributed by atoms with Gasteiger partial charge in [-0.1, -0.05) is 56.3 Å². The van der Waals surface area contributed by atoms with Crippen LogP contribution >= 0.6 is 0 Å². The van der Waals surface area contributed by atoms with Crippen molar-refractivity contribution in [1.82, 2.24) is 15.2 Å². The Balaban J connectivity index is 0.000000872. The van der Waals surface area contributed by atoms with Gasteiger partial charge in [0.15, 0.2) is 12.2 Å². The predicted molar refractivity (Wildman–Crippen MR) is 181 cm³/mol. The summed E-state index contributed by atoms with van der Waals surface area (Å²) in [7, 11) is 3.62. The first-order chi connectivity index (χ1) is 23.7. The number of amides is 3. The first-order valence-electron chi connectivity index (χ1n) is 15.5. The van der Waals surface area contributed by atoms with Crippen LogP contribution in [0.25, 0.3) is 11.3 Å². The van der Waals surface area contributed by atoms with Crippen molar-refractivity contribution in [3.63, 3.8) is 0 Å². The molecule has 268 valence electrons. The molecule has 0 aliphatic rings. The number of carboxylic acid groups (broad SMARTS) is 1. The molecule has 0 spiro atoms. The zero-order valence-electron chi connectivity index (χ0n) is 28.0. The third-order valence-electron chi connectivity index (χ3n) is 6.89. The summed E-state index contributed by atoms with van der Waals surface area (Å²) in [6.07, 6.45) is -2.33. The predicted octanol–water partition coefficient (Wildman–Crippen LogP) is 7.57. The maximum atomic E-state index is 12.8. The zero-order valence-corrected chi connectivity index (χ0v) is 28.0. The minimum absolute atomic E-state index is 0.241. The van der Waals surface area contributed by atoms with Crippen molar-refractivity contribution >= 4 is 29.5 Å². The van der Waals surface area contributed by atoms with Crippen LogP contribution in [-0.4, -0.2) is 66.5 Å². The number of aromatic nitrogens is 1. The van der Waals surface area contributed by atoms with Gasteiger partial charge in [0, 0.05) is 43.5 Å². The molecule has 0 saturated carbocycles. The van der Waals surface area contributed by atoms with Gasteiger partial charge in [-0.15, -0.1) is 0 Å². The molecule has 0 saturated heterocycles. The fourth-order valence-corrected chi connectivity index (χ4v) is 4.73. The number of aliphatic carboxylic acids is 1. The number of alkyl halides is 3. The second kappa shape index (κ2) is 18.8. The molecular formula is C35H40F3N5O7. The van der Waals surface area contributed by atoms with E-state index >= 15 is 0 Å². The van der Waals surface area contributed by atoms with Crippen LogP contribution in [-0.2, 0) is 16.1 Å². The molecule has 4 rings (SSSR count). The lowest BCUT2D eigenvalue weighted by Crippen LogP contribution is -2.29. The molecule has 1 aromatic heterocycles. The molecule has 4 N–H and O–H groups in total. The highest BCUT2D eigenvalue weighted by Gasteiger charge is 2.38. The molecule has 0 fully saturated rings. The van der Waals surface area contributed by atoms with E-state index in [2.05, 4.69) is 46.7 Å². The maximum Gasteiger partial charge on any atom is 0.490 e. The number of oxazole rings is 1. The van der Waals surface area contributed by atoms with Gasteiger partial charge in [-0.3, -0.25) is 0 Å². The van der Waals surface area contributed by atoms with Crippen LogP contribution in [0.4, 0.5) is 34.1 Å². The van der Waals surface area contributed by atoms with Gasteiger partial charge in [0.2, 0.25) is 0 Å². The smallest absolute Gasteiger partial charge is 0.490 e. The second-order valence-corrected chi connectivity index (χ2v) is 11.5. The number of carbonyl (C=O) groups excluding carboxylic acids is 2. The summed E-state index contributed by atoms with van der Waals surface area (Å²) in [5.41, 5.74) is 3.60. The van der Waals surface area contributed by atoms with Crippen molar-refractivity contribution in [2.45, 2.75) is 39.1 Å². The molecule has 1 heterocycles. The SMILES string of the molecule is COc1cc(NC(=O)Nc2cccc(CNC(=O)OC(CCN(C)CC(C)C)c3ccccc3)c2)ccc1-c1cnco1.O=C(O)C(F)(F)F. The molecule has 12 nitrogen and oxygen atoms in total. The number of urea groups is 1.